The smallest absolute Gasteiger partial charge is 0.225 e. The van der Waals surface area contributed by atoms with Gasteiger partial charge in [0.15, 0.2) is 0 Å². The van der Waals surface area contributed by atoms with E-state index in [1.165, 1.54) is 6.42 Å². The van der Waals surface area contributed by atoms with Crippen molar-refractivity contribution >= 4 is 11.8 Å². The molecule has 2 aliphatic heterocycles. The molecule has 0 radical (unpaired) electrons. The van der Waals surface area contributed by atoms with Crippen LogP contribution in [0.2, 0.25) is 0 Å². The minimum absolute atomic E-state index is 0.107. The van der Waals surface area contributed by atoms with E-state index < -0.39 is 0 Å². The predicted octanol–water partition coefficient (Wildman–Crippen LogP) is 1.63. The molecule has 0 aromatic rings. The Hall–Kier alpha value is -1.10. The quantitative estimate of drug-likeness (QED) is 0.811. The summed E-state index contributed by atoms with van der Waals surface area (Å²) >= 11 is 0. The van der Waals surface area contributed by atoms with Gasteiger partial charge in [0.2, 0.25) is 11.8 Å². The summed E-state index contributed by atoms with van der Waals surface area (Å²) in [5.41, 5.74) is 0. The predicted molar refractivity (Wildman–Crippen MR) is 87.5 cm³/mol. The minimum Gasteiger partial charge on any atom is -0.346 e. The van der Waals surface area contributed by atoms with Gasteiger partial charge in [0, 0.05) is 45.1 Å². The molecule has 0 bridgehead atoms. The number of hydrogen-bond acceptors (Lipinski definition) is 3. The van der Waals surface area contributed by atoms with Gasteiger partial charge in [0.25, 0.3) is 0 Å². The summed E-state index contributed by atoms with van der Waals surface area (Å²) in [7, 11) is 1.90. The third-order valence-corrected chi connectivity index (χ3v) is 5.00. The molecule has 2 fully saturated rings. The zero-order valence-electron chi connectivity index (χ0n) is 14.1. The van der Waals surface area contributed by atoms with Crippen LogP contribution in [0.5, 0.6) is 0 Å². The lowest BCUT2D eigenvalue weighted by Crippen LogP contribution is -2.44. The van der Waals surface area contributed by atoms with Gasteiger partial charge in [-0.1, -0.05) is 13.3 Å². The van der Waals surface area contributed by atoms with Crippen molar-refractivity contribution in [3.05, 3.63) is 0 Å². The van der Waals surface area contributed by atoms with E-state index in [0.717, 1.165) is 58.3 Å². The van der Waals surface area contributed by atoms with Crippen LogP contribution < -0.4 is 5.32 Å². The van der Waals surface area contributed by atoms with Crippen molar-refractivity contribution in [1.82, 2.24) is 15.1 Å². The molecule has 1 unspecified atom stereocenters. The number of hydrogen-bond donors (Lipinski definition) is 1. The summed E-state index contributed by atoms with van der Waals surface area (Å²) in [5.74, 6) is 0.623. The highest BCUT2D eigenvalue weighted by Crippen LogP contribution is 2.21. The van der Waals surface area contributed by atoms with Gasteiger partial charge in [-0.05, 0) is 38.6 Å². The van der Waals surface area contributed by atoms with Crippen LogP contribution in [0.3, 0.4) is 0 Å². The number of nitrogens with one attached hydrogen (secondary N) is 1. The van der Waals surface area contributed by atoms with E-state index >= 15 is 0 Å². The lowest BCUT2D eigenvalue weighted by Gasteiger charge is -2.33. The maximum Gasteiger partial charge on any atom is 0.225 e. The summed E-state index contributed by atoms with van der Waals surface area (Å²) in [6.07, 6.45) is 6.72. The van der Waals surface area contributed by atoms with Crippen LogP contribution in [-0.4, -0.2) is 60.9 Å². The van der Waals surface area contributed by atoms with E-state index in [9.17, 15) is 9.59 Å². The fourth-order valence-electron chi connectivity index (χ4n) is 3.46. The molecule has 1 N–H and O–H groups in total. The van der Waals surface area contributed by atoms with E-state index in [1.807, 2.05) is 16.8 Å². The number of carbonyl (C=O) groups excluding carboxylic acids is 2. The lowest BCUT2D eigenvalue weighted by molar-refractivity contribution is -0.140. The second-order valence-corrected chi connectivity index (χ2v) is 6.77. The number of unbranched alkanes of at least 4 members (excludes halogenated alkanes) is 1. The topological polar surface area (TPSA) is 52.7 Å². The van der Waals surface area contributed by atoms with Gasteiger partial charge in [-0.15, -0.1) is 0 Å². The molecular formula is C17H31N3O2. The molecule has 2 heterocycles. The van der Waals surface area contributed by atoms with Crippen molar-refractivity contribution in [1.29, 1.82) is 0 Å². The van der Waals surface area contributed by atoms with Crippen LogP contribution in [-0.2, 0) is 9.59 Å². The number of carbonyl (C=O) groups is 2. The fraction of sp³-hybridized carbons (Fsp3) is 0.882. The maximum absolute atomic E-state index is 12.4. The van der Waals surface area contributed by atoms with Gasteiger partial charge in [0.1, 0.15) is 0 Å². The van der Waals surface area contributed by atoms with E-state index in [1.54, 1.807) is 0 Å². The first-order valence-corrected chi connectivity index (χ1v) is 8.88. The average molecular weight is 309 g/mol. The van der Waals surface area contributed by atoms with Crippen LogP contribution in [0.1, 0.15) is 51.9 Å². The molecule has 1 atom stereocenters. The van der Waals surface area contributed by atoms with Crippen molar-refractivity contribution in [2.45, 2.75) is 57.9 Å². The zero-order chi connectivity index (χ0) is 15.9. The first-order chi connectivity index (χ1) is 10.6. The summed E-state index contributed by atoms with van der Waals surface area (Å²) in [6.45, 7) is 5.51. The molecular weight excluding hydrogens is 278 g/mol. The number of nitrogens with zero attached hydrogens (tertiary/aromatic N) is 2. The van der Waals surface area contributed by atoms with Crippen molar-refractivity contribution < 1.29 is 9.59 Å². The fourth-order valence-corrected chi connectivity index (χ4v) is 3.46. The second kappa shape index (κ2) is 8.51. The number of rotatable bonds is 6. The normalized spacial score (nSPS) is 22.8. The van der Waals surface area contributed by atoms with E-state index in [-0.39, 0.29) is 17.7 Å². The third kappa shape index (κ3) is 4.70. The van der Waals surface area contributed by atoms with Gasteiger partial charge >= 0.3 is 0 Å². The molecule has 2 amide bonds. The van der Waals surface area contributed by atoms with E-state index in [4.69, 9.17) is 0 Å². The Morgan fingerprint density at radius 3 is 2.55 bits per heavy atom. The largest absolute Gasteiger partial charge is 0.346 e. The average Bonchev–Trinajstić information content (AvgIpc) is 3.05. The van der Waals surface area contributed by atoms with Gasteiger partial charge in [-0.2, -0.15) is 0 Å². The monoisotopic (exact) mass is 309 g/mol. The molecule has 22 heavy (non-hydrogen) atoms. The Bertz CT molecular complexity index is 372. The van der Waals surface area contributed by atoms with Crippen molar-refractivity contribution in [2.24, 2.45) is 5.92 Å². The first kappa shape index (κ1) is 17.3. The molecule has 0 aromatic carbocycles. The summed E-state index contributed by atoms with van der Waals surface area (Å²) < 4.78 is 0. The SMILES string of the molecule is CCCCN(C)C(=O)C1CCN(C(=O)CC2CCCN2)CC1. The molecule has 0 aliphatic carbocycles. The minimum atomic E-state index is 0.107. The molecule has 0 aromatic heterocycles. The second-order valence-electron chi connectivity index (χ2n) is 6.77. The highest BCUT2D eigenvalue weighted by atomic mass is 16.2. The highest BCUT2D eigenvalue weighted by Gasteiger charge is 2.30. The lowest BCUT2D eigenvalue weighted by atomic mass is 9.94. The Morgan fingerprint density at radius 2 is 1.95 bits per heavy atom. The first-order valence-electron chi connectivity index (χ1n) is 8.88. The Balaban J connectivity index is 1.72. The number of amides is 2. The van der Waals surface area contributed by atoms with Crippen LogP contribution in [0, 0.1) is 5.92 Å². The Labute approximate surface area is 134 Å². The summed E-state index contributed by atoms with van der Waals surface area (Å²) in [5, 5.41) is 3.38. The zero-order valence-corrected chi connectivity index (χ0v) is 14.1. The van der Waals surface area contributed by atoms with Gasteiger partial charge in [0.05, 0.1) is 0 Å². The standard InChI is InChI=1S/C17H31N3O2/c1-3-4-10-19(2)17(22)14-7-11-20(12-8-14)16(21)13-15-6-5-9-18-15/h14-15,18H,3-13H2,1-2H3. The summed E-state index contributed by atoms with van der Waals surface area (Å²) in [6, 6.07) is 0.368. The molecule has 2 saturated heterocycles. The molecule has 0 saturated carbocycles. The van der Waals surface area contributed by atoms with Gasteiger partial charge in [-0.3, -0.25) is 9.59 Å². The summed E-state index contributed by atoms with van der Waals surface area (Å²) in [4.78, 5) is 28.5. The van der Waals surface area contributed by atoms with Crippen molar-refractivity contribution in [2.75, 3.05) is 33.2 Å². The van der Waals surface area contributed by atoms with Gasteiger partial charge in [-0.25, -0.2) is 0 Å². The molecule has 126 valence electrons. The van der Waals surface area contributed by atoms with Crippen LogP contribution in [0.25, 0.3) is 0 Å². The third-order valence-electron chi connectivity index (χ3n) is 5.00. The van der Waals surface area contributed by atoms with Crippen LogP contribution >= 0.6 is 0 Å². The Kier molecular flexibility index (Phi) is 6.68. The molecule has 2 rings (SSSR count). The Morgan fingerprint density at radius 1 is 1.23 bits per heavy atom. The number of piperidine rings is 1. The van der Waals surface area contributed by atoms with E-state index in [0.29, 0.717) is 12.5 Å². The van der Waals surface area contributed by atoms with Crippen LogP contribution in [0.15, 0.2) is 0 Å². The molecule has 5 nitrogen and oxygen atoms in total. The van der Waals surface area contributed by atoms with Crippen LogP contribution in [0.4, 0.5) is 0 Å². The van der Waals surface area contributed by atoms with E-state index in [2.05, 4.69) is 12.2 Å². The maximum atomic E-state index is 12.4. The molecule has 0 spiro atoms. The molecule has 5 heteroatoms. The highest BCUT2D eigenvalue weighted by molar-refractivity contribution is 5.80. The van der Waals surface area contributed by atoms with Gasteiger partial charge < -0.3 is 15.1 Å². The molecule has 2 aliphatic rings. The number of likely N-dealkylation sites (tertiary alicyclic amines) is 1. The van der Waals surface area contributed by atoms with Crippen molar-refractivity contribution in [3.63, 3.8) is 0 Å². The van der Waals surface area contributed by atoms with Crippen molar-refractivity contribution in [3.8, 4) is 0 Å².